The minimum Gasteiger partial charge on any atom is -0.438 e. The molecular formula is C24H29ClFN3O3S. The van der Waals surface area contributed by atoms with E-state index in [0.717, 1.165) is 55.7 Å². The minimum absolute atomic E-state index is 0.0470. The van der Waals surface area contributed by atoms with Gasteiger partial charge in [0.1, 0.15) is 17.1 Å². The molecule has 6 nitrogen and oxygen atoms in total. The molecule has 1 saturated carbocycles. The Hall–Kier alpha value is -2.32. The van der Waals surface area contributed by atoms with Gasteiger partial charge in [-0.15, -0.1) is 23.4 Å². The number of halogens is 2. The molecule has 2 aromatic rings. The first-order valence-corrected chi connectivity index (χ1v) is 12.9. The lowest BCUT2D eigenvalue weighted by Gasteiger charge is -2.29. The van der Waals surface area contributed by atoms with Gasteiger partial charge in [-0.25, -0.2) is 9.37 Å². The highest BCUT2D eigenvalue weighted by atomic mass is 35.5. The summed E-state index contributed by atoms with van der Waals surface area (Å²) in [5.41, 5.74) is 0.0549. The number of amides is 2. The Balaban J connectivity index is 1.56. The number of hydrogen-bond donors (Lipinski definition) is 2. The largest absolute Gasteiger partial charge is 0.438 e. The molecule has 0 unspecified atom stereocenters. The van der Waals surface area contributed by atoms with Gasteiger partial charge < -0.3 is 15.4 Å². The molecule has 1 aromatic heterocycles. The maximum Gasteiger partial charge on any atom is 0.257 e. The van der Waals surface area contributed by atoms with Crippen molar-refractivity contribution in [2.45, 2.75) is 61.9 Å². The van der Waals surface area contributed by atoms with E-state index in [4.69, 9.17) is 16.3 Å². The Labute approximate surface area is 203 Å². The van der Waals surface area contributed by atoms with Gasteiger partial charge in [0.25, 0.3) is 5.91 Å². The second-order valence-corrected chi connectivity index (χ2v) is 9.28. The molecule has 0 atom stereocenters. The van der Waals surface area contributed by atoms with Gasteiger partial charge in [0.2, 0.25) is 11.8 Å². The number of nitrogens with one attached hydrogen (secondary N) is 2. The van der Waals surface area contributed by atoms with Crippen molar-refractivity contribution in [3.8, 4) is 11.6 Å². The first kappa shape index (κ1) is 25.3. The Kier molecular flexibility index (Phi) is 9.81. The molecule has 3 rings (SSSR count). The molecule has 0 radical (unpaired) electrons. The van der Waals surface area contributed by atoms with Crippen LogP contribution in [0.25, 0.3) is 0 Å². The third kappa shape index (κ3) is 7.89. The average Bonchev–Trinajstić information content (AvgIpc) is 2.81. The number of ether oxygens (including phenoxy) is 1. The standard InChI is InChI=1S/C24H29ClFN3O3S/c1-33-20-6-4-5-19(14-20)32-24-21(13-16(26)15-27-24)23(31)29-18-10-8-17(9-11-18)28-22(30)7-2-3-12-25/h4-6,13-15,17-18H,2-3,7-12H2,1H3,(H,28,30)(H,29,31)/t17-,18-. The van der Waals surface area contributed by atoms with Gasteiger partial charge in [-0.1, -0.05) is 6.07 Å². The summed E-state index contributed by atoms with van der Waals surface area (Å²) >= 11 is 7.22. The van der Waals surface area contributed by atoms with Crippen LogP contribution in [-0.4, -0.2) is 41.0 Å². The normalized spacial score (nSPS) is 17.9. The van der Waals surface area contributed by atoms with Crippen LogP contribution >= 0.6 is 23.4 Å². The number of rotatable bonds is 10. The molecule has 33 heavy (non-hydrogen) atoms. The number of carbonyl (C=O) groups is 2. The number of hydrogen-bond acceptors (Lipinski definition) is 5. The fraction of sp³-hybridized carbons (Fsp3) is 0.458. The van der Waals surface area contributed by atoms with Gasteiger partial charge in [-0.2, -0.15) is 0 Å². The molecule has 2 amide bonds. The predicted octanol–water partition coefficient (Wildman–Crippen LogP) is 5.30. The molecule has 1 aliphatic carbocycles. The average molecular weight is 494 g/mol. The van der Waals surface area contributed by atoms with Crippen LogP contribution < -0.4 is 15.4 Å². The maximum absolute atomic E-state index is 13.9. The highest BCUT2D eigenvalue weighted by Crippen LogP contribution is 2.28. The quantitative estimate of drug-likeness (QED) is 0.266. The Morgan fingerprint density at radius 3 is 2.58 bits per heavy atom. The summed E-state index contributed by atoms with van der Waals surface area (Å²) in [6.07, 6.45) is 8.10. The van der Waals surface area contributed by atoms with E-state index in [-0.39, 0.29) is 29.4 Å². The van der Waals surface area contributed by atoms with Gasteiger partial charge in [0.05, 0.1) is 6.20 Å². The van der Waals surface area contributed by atoms with E-state index < -0.39 is 11.7 Å². The second kappa shape index (κ2) is 12.8. The summed E-state index contributed by atoms with van der Waals surface area (Å²) in [6.45, 7) is 0. The first-order valence-electron chi connectivity index (χ1n) is 11.1. The number of unbranched alkanes of at least 4 members (excludes halogenated alkanes) is 1. The van der Waals surface area contributed by atoms with E-state index in [1.165, 1.54) is 0 Å². The maximum atomic E-state index is 13.9. The molecule has 1 aliphatic rings. The molecule has 1 aromatic carbocycles. The van der Waals surface area contributed by atoms with Crippen molar-refractivity contribution in [1.29, 1.82) is 0 Å². The number of carbonyl (C=O) groups excluding carboxylic acids is 2. The Bertz CT molecular complexity index is 954. The number of benzene rings is 1. The lowest BCUT2D eigenvalue weighted by atomic mass is 9.91. The van der Waals surface area contributed by atoms with Crippen LogP contribution in [0.1, 0.15) is 55.3 Å². The van der Waals surface area contributed by atoms with Gasteiger partial charge in [0, 0.05) is 29.3 Å². The second-order valence-electron chi connectivity index (χ2n) is 8.02. The molecule has 9 heteroatoms. The Morgan fingerprint density at radius 1 is 1.15 bits per heavy atom. The van der Waals surface area contributed by atoms with Crippen molar-refractivity contribution >= 4 is 35.2 Å². The topological polar surface area (TPSA) is 80.3 Å². The van der Waals surface area contributed by atoms with Crippen molar-refractivity contribution in [2.75, 3.05) is 12.1 Å². The molecule has 0 bridgehead atoms. The van der Waals surface area contributed by atoms with Crippen molar-refractivity contribution < 1.29 is 18.7 Å². The summed E-state index contributed by atoms with van der Waals surface area (Å²) in [6, 6.07) is 8.59. The van der Waals surface area contributed by atoms with Gasteiger partial charge in [-0.3, -0.25) is 9.59 Å². The summed E-state index contributed by atoms with van der Waals surface area (Å²) in [7, 11) is 0. The predicted molar refractivity (Wildman–Crippen MR) is 129 cm³/mol. The summed E-state index contributed by atoms with van der Waals surface area (Å²) < 4.78 is 19.7. The monoisotopic (exact) mass is 493 g/mol. The molecule has 0 spiro atoms. The molecule has 1 fully saturated rings. The van der Waals surface area contributed by atoms with E-state index in [2.05, 4.69) is 15.6 Å². The first-order chi connectivity index (χ1) is 16.0. The number of nitrogens with zero attached hydrogens (tertiary/aromatic N) is 1. The molecule has 0 saturated heterocycles. The van der Waals surface area contributed by atoms with E-state index in [9.17, 15) is 14.0 Å². The molecule has 1 heterocycles. The van der Waals surface area contributed by atoms with Gasteiger partial charge in [-0.05, 0) is 69.0 Å². The van der Waals surface area contributed by atoms with Crippen LogP contribution in [0.15, 0.2) is 41.4 Å². The lowest BCUT2D eigenvalue weighted by Crippen LogP contribution is -2.43. The zero-order valence-electron chi connectivity index (χ0n) is 18.6. The van der Waals surface area contributed by atoms with Crippen LogP contribution in [0.2, 0.25) is 0 Å². The summed E-state index contributed by atoms with van der Waals surface area (Å²) in [5.74, 6) is 0.168. The molecule has 2 N–H and O–H groups in total. The third-order valence-electron chi connectivity index (χ3n) is 5.53. The summed E-state index contributed by atoms with van der Waals surface area (Å²) in [4.78, 5) is 29.9. The number of aromatic nitrogens is 1. The number of alkyl halides is 1. The minimum atomic E-state index is -0.606. The highest BCUT2D eigenvalue weighted by molar-refractivity contribution is 7.98. The number of pyridine rings is 1. The van der Waals surface area contributed by atoms with Crippen molar-refractivity contribution in [2.24, 2.45) is 0 Å². The van der Waals surface area contributed by atoms with E-state index in [0.29, 0.717) is 18.1 Å². The van der Waals surface area contributed by atoms with E-state index >= 15 is 0 Å². The van der Waals surface area contributed by atoms with Crippen molar-refractivity contribution in [3.63, 3.8) is 0 Å². The zero-order chi connectivity index (χ0) is 23.6. The third-order valence-corrected chi connectivity index (χ3v) is 6.53. The fourth-order valence-corrected chi connectivity index (χ4v) is 4.41. The molecular weight excluding hydrogens is 465 g/mol. The summed E-state index contributed by atoms with van der Waals surface area (Å²) in [5, 5.41) is 6.03. The Morgan fingerprint density at radius 2 is 1.88 bits per heavy atom. The van der Waals surface area contributed by atoms with Crippen LogP contribution in [0.3, 0.4) is 0 Å². The lowest BCUT2D eigenvalue weighted by molar-refractivity contribution is -0.122. The van der Waals surface area contributed by atoms with Crippen molar-refractivity contribution in [1.82, 2.24) is 15.6 Å². The number of thioether (sulfide) groups is 1. The smallest absolute Gasteiger partial charge is 0.257 e. The fourth-order valence-electron chi connectivity index (χ4n) is 3.77. The molecule has 178 valence electrons. The molecule has 0 aliphatic heterocycles. The van der Waals surface area contributed by atoms with Gasteiger partial charge in [0.15, 0.2) is 0 Å². The van der Waals surface area contributed by atoms with E-state index in [1.54, 1.807) is 17.8 Å². The van der Waals surface area contributed by atoms with Crippen LogP contribution in [-0.2, 0) is 4.79 Å². The van der Waals surface area contributed by atoms with Crippen LogP contribution in [0, 0.1) is 5.82 Å². The van der Waals surface area contributed by atoms with Crippen LogP contribution in [0.4, 0.5) is 4.39 Å². The van der Waals surface area contributed by atoms with E-state index in [1.807, 2.05) is 24.5 Å². The SMILES string of the molecule is CSc1cccc(Oc2ncc(F)cc2C(=O)N[C@H]2CC[C@H](NC(=O)CCCCCl)CC2)c1. The van der Waals surface area contributed by atoms with Crippen molar-refractivity contribution in [3.05, 3.63) is 47.9 Å². The highest BCUT2D eigenvalue weighted by Gasteiger charge is 2.25. The van der Waals surface area contributed by atoms with Crippen LogP contribution in [0.5, 0.6) is 11.6 Å². The van der Waals surface area contributed by atoms with Gasteiger partial charge >= 0.3 is 0 Å². The zero-order valence-corrected chi connectivity index (χ0v) is 20.2.